The molecule has 172 valence electrons. The number of pyridine rings is 2. The van der Waals surface area contributed by atoms with Gasteiger partial charge in [-0.25, -0.2) is 4.52 Å². The van der Waals surface area contributed by atoms with Crippen LogP contribution in [0.15, 0.2) is 30.6 Å². The van der Waals surface area contributed by atoms with E-state index in [0.717, 1.165) is 72.5 Å². The minimum atomic E-state index is 0.0688. The first kappa shape index (κ1) is 20.6. The number of rotatable bonds is 5. The van der Waals surface area contributed by atoms with Gasteiger partial charge in [-0.2, -0.15) is 0 Å². The summed E-state index contributed by atoms with van der Waals surface area (Å²) in [5.41, 5.74) is 4.94. The summed E-state index contributed by atoms with van der Waals surface area (Å²) in [7, 11) is 0. The molecule has 0 aromatic carbocycles. The smallest absolute Gasteiger partial charge is 0.228 e. The van der Waals surface area contributed by atoms with Crippen LogP contribution in [0.2, 0.25) is 0 Å². The van der Waals surface area contributed by atoms with Gasteiger partial charge in [-0.3, -0.25) is 9.78 Å². The molecular weight excluding hydrogens is 418 g/mol. The van der Waals surface area contributed by atoms with Crippen LogP contribution in [0.3, 0.4) is 0 Å². The van der Waals surface area contributed by atoms with E-state index in [4.69, 9.17) is 9.47 Å². The van der Waals surface area contributed by atoms with Gasteiger partial charge in [0.2, 0.25) is 5.91 Å². The molecule has 3 atom stereocenters. The summed E-state index contributed by atoms with van der Waals surface area (Å²) >= 11 is 0. The molecule has 0 unspecified atom stereocenters. The lowest BCUT2D eigenvalue weighted by molar-refractivity contribution is -0.117. The maximum atomic E-state index is 12.2. The lowest BCUT2D eigenvalue weighted by Crippen LogP contribution is -2.56. The molecule has 3 aliphatic rings. The van der Waals surface area contributed by atoms with E-state index >= 15 is 0 Å². The molecule has 2 aliphatic heterocycles. The SMILES string of the molecule is Cc1cc(-c2ccn3nc(NC(=O)C4CC4)c(C)c3c2)c(O[C@H]2C[C@H]3COC[C@@H](C2)N3)cn1. The van der Waals surface area contributed by atoms with Crippen molar-refractivity contribution in [3.8, 4) is 16.9 Å². The number of nitrogens with zero attached hydrogens (tertiary/aromatic N) is 3. The second-order valence-corrected chi connectivity index (χ2v) is 9.61. The molecule has 1 aliphatic carbocycles. The summed E-state index contributed by atoms with van der Waals surface area (Å²) in [4.78, 5) is 16.8. The quantitative estimate of drug-likeness (QED) is 0.624. The summed E-state index contributed by atoms with van der Waals surface area (Å²) in [6, 6.07) is 6.92. The summed E-state index contributed by atoms with van der Waals surface area (Å²) in [6.07, 6.45) is 7.71. The van der Waals surface area contributed by atoms with Crippen molar-refractivity contribution in [1.82, 2.24) is 19.9 Å². The van der Waals surface area contributed by atoms with Gasteiger partial charge in [0.05, 0.1) is 24.9 Å². The van der Waals surface area contributed by atoms with Gasteiger partial charge >= 0.3 is 0 Å². The van der Waals surface area contributed by atoms with E-state index in [1.54, 1.807) is 0 Å². The van der Waals surface area contributed by atoms with Crippen LogP contribution in [0.5, 0.6) is 5.75 Å². The van der Waals surface area contributed by atoms with Crippen LogP contribution >= 0.6 is 0 Å². The monoisotopic (exact) mass is 447 g/mol. The largest absolute Gasteiger partial charge is 0.488 e. The Hall–Kier alpha value is -2.97. The van der Waals surface area contributed by atoms with Gasteiger partial charge in [-0.15, -0.1) is 5.10 Å². The number of carbonyl (C=O) groups is 1. The second kappa shape index (κ2) is 8.11. The van der Waals surface area contributed by atoms with E-state index in [-0.39, 0.29) is 17.9 Å². The number of aryl methyl sites for hydroxylation is 2. The average molecular weight is 448 g/mol. The molecule has 5 heterocycles. The van der Waals surface area contributed by atoms with Gasteiger partial charge in [0, 0.05) is 53.9 Å². The molecule has 33 heavy (non-hydrogen) atoms. The van der Waals surface area contributed by atoms with Gasteiger partial charge in [0.15, 0.2) is 5.82 Å². The van der Waals surface area contributed by atoms with Crippen LogP contribution in [0.25, 0.3) is 16.6 Å². The number of nitrogens with one attached hydrogen (secondary N) is 2. The highest BCUT2D eigenvalue weighted by Crippen LogP contribution is 2.35. The van der Waals surface area contributed by atoms with Crippen LogP contribution < -0.4 is 15.4 Å². The molecule has 1 saturated carbocycles. The number of hydrogen-bond acceptors (Lipinski definition) is 6. The van der Waals surface area contributed by atoms with Crippen molar-refractivity contribution in [3.63, 3.8) is 0 Å². The van der Waals surface area contributed by atoms with Crippen molar-refractivity contribution in [2.24, 2.45) is 5.92 Å². The van der Waals surface area contributed by atoms with Crippen molar-refractivity contribution < 1.29 is 14.3 Å². The predicted octanol–water partition coefficient (Wildman–Crippen LogP) is 3.26. The highest BCUT2D eigenvalue weighted by Gasteiger charge is 2.33. The molecule has 3 fully saturated rings. The minimum absolute atomic E-state index is 0.0688. The Morgan fingerprint density at radius 2 is 2.00 bits per heavy atom. The number of morpholine rings is 1. The Morgan fingerprint density at radius 3 is 2.76 bits per heavy atom. The fraction of sp³-hybridized carbons (Fsp3) is 0.480. The zero-order chi connectivity index (χ0) is 22.5. The van der Waals surface area contributed by atoms with Gasteiger partial charge in [-0.05, 0) is 50.5 Å². The van der Waals surface area contributed by atoms with Crippen LogP contribution in [0, 0.1) is 19.8 Å². The lowest BCUT2D eigenvalue weighted by Gasteiger charge is -2.40. The topological polar surface area (TPSA) is 89.8 Å². The van der Waals surface area contributed by atoms with Crippen LogP contribution in [0.4, 0.5) is 5.82 Å². The third kappa shape index (κ3) is 4.09. The number of amides is 1. The first-order valence-electron chi connectivity index (χ1n) is 11.8. The number of carbonyl (C=O) groups excluding carboxylic acids is 1. The summed E-state index contributed by atoms with van der Waals surface area (Å²) in [5.74, 6) is 1.65. The number of anilines is 1. The van der Waals surface area contributed by atoms with Crippen molar-refractivity contribution in [3.05, 3.63) is 41.9 Å². The Bertz CT molecular complexity index is 1210. The summed E-state index contributed by atoms with van der Waals surface area (Å²) in [5, 5.41) is 11.2. The zero-order valence-electron chi connectivity index (χ0n) is 19.0. The molecule has 2 N–H and O–H groups in total. The molecule has 2 saturated heterocycles. The fourth-order valence-corrected chi connectivity index (χ4v) is 4.94. The molecule has 8 nitrogen and oxygen atoms in total. The molecule has 1 amide bonds. The first-order valence-corrected chi connectivity index (χ1v) is 11.8. The van der Waals surface area contributed by atoms with E-state index in [1.165, 1.54) is 0 Å². The maximum Gasteiger partial charge on any atom is 0.228 e. The van der Waals surface area contributed by atoms with Crippen molar-refractivity contribution >= 4 is 17.2 Å². The second-order valence-electron chi connectivity index (χ2n) is 9.61. The van der Waals surface area contributed by atoms with E-state index < -0.39 is 0 Å². The van der Waals surface area contributed by atoms with E-state index in [1.807, 2.05) is 36.8 Å². The zero-order valence-corrected chi connectivity index (χ0v) is 19.0. The normalized spacial score (nSPS) is 24.6. The minimum Gasteiger partial charge on any atom is -0.488 e. The lowest BCUT2D eigenvalue weighted by atomic mass is 9.94. The fourth-order valence-electron chi connectivity index (χ4n) is 4.94. The summed E-state index contributed by atoms with van der Waals surface area (Å²) < 4.78 is 14.0. The Balaban J connectivity index is 1.30. The molecule has 3 aromatic rings. The molecule has 0 radical (unpaired) electrons. The number of ether oxygens (including phenoxy) is 2. The van der Waals surface area contributed by atoms with E-state index in [9.17, 15) is 4.79 Å². The Kier molecular flexibility index (Phi) is 5.07. The molecule has 3 aromatic heterocycles. The third-order valence-electron chi connectivity index (χ3n) is 6.88. The highest BCUT2D eigenvalue weighted by atomic mass is 16.5. The molecular formula is C25H29N5O3. The predicted molar refractivity (Wildman–Crippen MR) is 124 cm³/mol. The number of piperidine rings is 1. The van der Waals surface area contributed by atoms with Gasteiger partial charge < -0.3 is 20.1 Å². The van der Waals surface area contributed by atoms with Gasteiger partial charge in [-0.1, -0.05) is 0 Å². The van der Waals surface area contributed by atoms with Crippen LogP contribution in [0.1, 0.15) is 36.9 Å². The maximum absolute atomic E-state index is 12.2. The third-order valence-corrected chi connectivity index (χ3v) is 6.88. The van der Waals surface area contributed by atoms with E-state index in [2.05, 4.69) is 32.8 Å². The van der Waals surface area contributed by atoms with Crippen molar-refractivity contribution in [2.45, 2.75) is 57.7 Å². The first-order chi connectivity index (χ1) is 16.0. The molecule has 8 heteroatoms. The van der Waals surface area contributed by atoms with Crippen molar-refractivity contribution in [1.29, 1.82) is 0 Å². The van der Waals surface area contributed by atoms with Crippen LogP contribution in [-0.2, 0) is 9.53 Å². The number of hydrogen-bond donors (Lipinski definition) is 2. The Labute approximate surface area is 192 Å². The van der Waals surface area contributed by atoms with Gasteiger partial charge in [0.25, 0.3) is 0 Å². The van der Waals surface area contributed by atoms with Crippen LogP contribution in [-0.4, -0.2) is 51.9 Å². The highest BCUT2D eigenvalue weighted by molar-refractivity contribution is 5.95. The molecule has 2 bridgehead atoms. The summed E-state index contributed by atoms with van der Waals surface area (Å²) in [6.45, 7) is 5.48. The van der Waals surface area contributed by atoms with E-state index in [0.29, 0.717) is 17.9 Å². The average Bonchev–Trinajstić information content (AvgIpc) is 3.61. The number of fused-ring (bicyclic) bond motifs is 3. The van der Waals surface area contributed by atoms with Crippen molar-refractivity contribution in [2.75, 3.05) is 18.5 Å². The molecule has 6 rings (SSSR count). The molecule has 0 spiro atoms. The standard InChI is InChI=1S/C25H29N5O3/c1-14-7-21(23(11-26-14)33-20-9-18-12-32-13-19(10-20)27-18)17-5-6-30-22(8-17)15(2)24(29-30)28-25(31)16-3-4-16/h5-8,11,16,18-20,27H,3-4,9-10,12-13H2,1-2H3,(H,28,29,31)/t18-,19+,20-. The Morgan fingerprint density at radius 1 is 1.21 bits per heavy atom. The number of aromatic nitrogens is 3. The van der Waals surface area contributed by atoms with Gasteiger partial charge in [0.1, 0.15) is 11.9 Å².